The number of alkyl halides is 1. The minimum absolute atomic E-state index is 0.155. The van der Waals surface area contributed by atoms with Gasteiger partial charge in [-0.05, 0) is 65.0 Å². The van der Waals surface area contributed by atoms with E-state index in [1.165, 1.54) is 22.8 Å². The highest BCUT2D eigenvalue weighted by atomic mass is 79.9. The number of halogens is 3. The smallest absolute Gasteiger partial charge is 0.137 e. The SMILES string of the molecule is Cc1ccc(C)c(CC(Cl)c2ccc(F)c(Br)c2)c1. The quantitative estimate of drug-likeness (QED) is 0.626. The Morgan fingerprint density at radius 1 is 1.16 bits per heavy atom. The maximum atomic E-state index is 13.2. The second-order valence-corrected chi connectivity index (χ2v) is 6.16. The lowest BCUT2D eigenvalue weighted by Crippen LogP contribution is -1.99. The summed E-state index contributed by atoms with van der Waals surface area (Å²) in [4.78, 5) is 0. The van der Waals surface area contributed by atoms with E-state index < -0.39 is 0 Å². The van der Waals surface area contributed by atoms with Gasteiger partial charge in [0.15, 0.2) is 0 Å². The molecule has 0 N–H and O–H groups in total. The molecule has 2 rings (SSSR count). The van der Waals surface area contributed by atoms with Crippen molar-refractivity contribution in [1.29, 1.82) is 0 Å². The Morgan fingerprint density at radius 3 is 2.58 bits per heavy atom. The van der Waals surface area contributed by atoms with Crippen molar-refractivity contribution in [1.82, 2.24) is 0 Å². The van der Waals surface area contributed by atoms with Gasteiger partial charge in [-0.2, -0.15) is 0 Å². The zero-order chi connectivity index (χ0) is 14.0. The van der Waals surface area contributed by atoms with Gasteiger partial charge in [0.25, 0.3) is 0 Å². The molecule has 0 aliphatic heterocycles. The molecule has 2 aromatic rings. The summed E-state index contributed by atoms with van der Waals surface area (Å²) in [5.74, 6) is -0.264. The second kappa shape index (κ2) is 6.06. The van der Waals surface area contributed by atoms with Gasteiger partial charge in [0, 0.05) is 0 Å². The highest BCUT2D eigenvalue weighted by molar-refractivity contribution is 9.10. The van der Waals surface area contributed by atoms with Gasteiger partial charge in [-0.1, -0.05) is 29.8 Å². The first-order valence-electron chi connectivity index (χ1n) is 6.12. The van der Waals surface area contributed by atoms with Crippen LogP contribution >= 0.6 is 27.5 Å². The van der Waals surface area contributed by atoms with Crippen LogP contribution in [0.3, 0.4) is 0 Å². The average molecular weight is 342 g/mol. The topological polar surface area (TPSA) is 0 Å². The summed E-state index contributed by atoms with van der Waals surface area (Å²) in [6.45, 7) is 4.15. The van der Waals surface area contributed by atoms with E-state index in [4.69, 9.17) is 11.6 Å². The Morgan fingerprint density at radius 2 is 1.89 bits per heavy atom. The molecular formula is C16H15BrClF. The highest BCUT2D eigenvalue weighted by Crippen LogP contribution is 2.29. The van der Waals surface area contributed by atoms with Crippen LogP contribution in [-0.2, 0) is 6.42 Å². The lowest BCUT2D eigenvalue weighted by molar-refractivity contribution is 0.620. The van der Waals surface area contributed by atoms with Crippen molar-refractivity contribution in [3.8, 4) is 0 Å². The minimum Gasteiger partial charge on any atom is -0.206 e. The molecule has 0 aliphatic carbocycles. The van der Waals surface area contributed by atoms with Crippen LogP contribution in [-0.4, -0.2) is 0 Å². The molecule has 0 radical (unpaired) electrons. The fourth-order valence-corrected chi connectivity index (χ4v) is 2.74. The monoisotopic (exact) mass is 340 g/mol. The van der Waals surface area contributed by atoms with Crippen LogP contribution in [0.2, 0.25) is 0 Å². The van der Waals surface area contributed by atoms with E-state index in [9.17, 15) is 4.39 Å². The summed E-state index contributed by atoms with van der Waals surface area (Å²) in [6, 6.07) is 11.3. The van der Waals surface area contributed by atoms with Crippen molar-refractivity contribution in [2.75, 3.05) is 0 Å². The van der Waals surface area contributed by atoms with Crippen LogP contribution < -0.4 is 0 Å². The van der Waals surface area contributed by atoms with Crippen LogP contribution in [0, 0.1) is 19.7 Å². The first kappa shape index (κ1) is 14.5. The fraction of sp³-hybridized carbons (Fsp3) is 0.250. The number of rotatable bonds is 3. The third-order valence-corrected chi connectivity index (χ3v) is 4.22. The highest BCUT2D eigenvalue weighted by Gasteiger charge is 2.12. The zero-order valence-corrected chi connectivity index (χ0v) is 13.2. The van der Waals surface area contributed by atoms with Crippen LogP contribution in [0.25, 0.3) is 0 Å². The van der Waals surface area contributed by atoms with Crippen molar-refractivity contribution >= 4 is 27.5 Å². The van der Waals surface area contributed by atoms with E-state index in [1.807, 2.05) is 0 Å². The number of hydrogen-bond donors (Lipinski definition) is 0. The Hall–Kier alpha value is -0.860. The fourth-order valence-electron chi connectivity index (χ4n) is 2.04. The third kappa shape index (κ3) is 3.58. The van der Waals surface area contributed by atoms with Crippen LogP contribution in [0.4, 0.5) is 4.39 Å². The summed E-state index contributed by atoms with van der Waals surface area (Å²) >= 11 is 9.64. The molecular weight excluding hydrogens is 327 g/mol. The van der Waals surface area contributed by atoms with Crippen LogP contribution in [0.1, 0.15) is 27.6 Å². The van der Waals surface area contributed by atoms with Crippen molar-refractivity contribution in [2.24, 2.45) is 0 Å². The molecule has 3 heteroatoms. The van der Waals surface area contributed by atoms with E-state index in [0.29, 0.717) is 4.47 Å². The molecule has 0 fully saturated rings. The van der Waals surface area contributed by atoms with Gasteiger partial charge in [0.05, 0.1) is 9.85 Å². The van der Waals surface area contributed by atoms with Gasteiger partial charge in [-0.3, -0.25) is 0 Å². The largest absolute Gasteiger partial charge is 0.206 e. The molecule has 0 bridgehead atoms. The molecule has 0 heterocycles. The number of hydrogen-bond acceptors (Lipinski definition) is 0. The Kier molecular flexibility index (Phi) is 4.64. The van der Waals surface area contributed by atoms with Crippen molar-refractivity contribution in [3.63, 3.8) is 0 Å². The molecule has 0 nitrogen and oxygen atoms in total. The van der Waals surface area contributed by atoms with E-state index in [-0.39, 0.29) is 11.2 Å². The van der Waals surface area contributed by atoms with Gasteiger partial charge >= 0.3 is 0 Å². The molecule has 0 saturated heterocycles. The molecule has 1 unspecified atom stereocenters. The first-order chi connectivity index (χ1) is 8.97. The Balaban J connectivity index is 2.22. The molecule has 0 aromatic heterocycles. The zero-order valence-electron chi connectivity index (χ0n) is 10.9. The van der Waals surface area contributed by atoms with Crippen LogP contribution in [0.5, 0.6) is 0 Å². The normalized spacial score (nSPS) is 12.5. The van der Waals surface area contributed by atoms with Crippen LogP contribution in [0.15, 0.2) is 40.9 Å². The summed E-state index contributed by atoms with van der Waals surface area (Å²) in [5.41, 5.74) is 4.62. The molecule has 0 saturated carbocycles. The molecule has 0 amide bonds. The van der Waals surface area contributed by atoms with Crippen molar-refractivity contribution < 1.29 is 4.39 Å². The van der Waals surface area contributed by atoms with E-state index in [1.54, 1.807) is 12.1 Å². The van der Waals surface area contributed by atoms with Gasteiger partial charge in [0.2, 0.25) is 0 Å². The standard InChI is InChI=1S/C16H15BrClF/c1-10-3-4-11(2)13(7-10)9-15(18)12-5-6-16(19)14(17)8-12/h3-8,15H,9H2,1-2H3. The lowest BCUT2D eigenvalue weighted by Gasteiger charge is -2.13. The van der Waals surface area contributed by atoms with Gasteiger partial charge in [-0.15, -0.1) is 11.6 Å². The molecule has 1 atom stereocenters. The maximum absolute atomic E-state index is 13.2. The van der Waals surface area contributed by atoms with Crippen molar-refractivity contribution in [2.45, 2.75) is 25.6 Å². The van der Waals surface area contributed by atoms with E-state index in [2.05, 4.69) is 48.0 Å². The van der Waals surface area contributed by atoms with E-state index >= 15 is 0 Å². The lowest BCUT2D eigenvalue weighted by atomic mass is 9.98. The summed E-state index contributed by atoms with van der Waals surface area (Å²) < 4.78 is 13.7. The minimum atomic E-state index is -0.264. The maximum Gasteiger partial charge on any atom is 0.137 e. The van der Waals surface area contributed by atoms with Crippen molar-refractivity contribution in [3.05, 3.63) is 68.9 Å². The average Bonchev–Trinajstić information content (AvgIpc) is 2.37. The second-order valence-electron chi connectivity index (χ2n) is 4.78. The predicted molar refractivity (Wildman–Crippen MR) is 82.3 cm³/mol. The molecule has 19 heavy (non-hydrogen) atoms. The molecule has 100 valence electrons. The Bertz CT molecular complexity index is 595. The number of benzene rings is 2. The van der Waals surface area contributed by atoms with Gasteiger partial charge in [0.1, 0.15) is 5.82 Å². The molecule has 2 aromatic carbocycles. The predicted octanol–water partition coefficient (Wildman–Crippen LogP) is 5.73. The molecule has 0 spiro atoms. The summed E-state index contributed by atoms with van der Waals surface area (Å²) in [7, 11) is 0. The summed E-state index contributed by atoms with van der Waals surface area (Å²) in [5, 5.41) is -0.155. The Labute approximate surface area is 126 Å². The first-order valence-corrected chi connectivity index (χ1v) is 7.35. The van der Waals surface area contributed by atoms with E-state index in [0.717, 1.165) is 12.0 Å². The number of aryl methyl sites for hydroxylation is 2. The van der Waals surface area contributed by atoms with Gasteiger partial charge in [-0.25, -0.2) is 4.39 Å². The molecule has 0 aliphatic rings. The third-order valence-electron chi connectivity index (χ3n) is 3.21. The van der Waals surface area contributed by atoms with Gasteiger partial charge < -0.3 is 0 Å². The summed E-state index contributed by atoms with van der Waals surface area (Å²) in [6.07, 6.45) is 0.743.